The van der Waals surface area contributed by atoms with Crippen molar-refractivity contribution in [1.82, 2.24) is 0 Å². The van der Waals surface area contributed by atoms with Crippen molar-refractivity contribution in [2.45, 2.75) is 71.3 Å². The summed E-state index contributed by atoms with van der Waals surface area (Å²) in [4.78, 5) is 24.1. The Hall–Kier alpha value is -0.390. The quantitative estimate of drug-likeness (QED) is 0.258. The van der Waals surface area contributed by atoms with Crippen molar-refractivity contribution >= 4 is 34.3 Å². The Balaban J connectivity index is 1.56. The fraction of sp³-hybridized carbons (Fsp3) is 0.810. The van der Waals surface area contributed by atoms with Crippen LogP contribution in [0.1, 0.15) is 65.2 Å². The minimum atomic E-state index is -0.0820. The molecule has 3 nitrogen and oxygen atoms in total. The Labute approximate surface area is 164 Å². The van der Waals surface area contributed by atoms with Gasteiger partial charge in [-0.25, -0.2) is 0 Å². The van der Waals surface area contributed by atoms with Gasteiger partial charge in [0.15, 0.2) is 0 Å². The molecule has 6 atom stereocenters. The lowest BCUT2D eigenvalue weighted by Gasteiger charge is -2.56. The van der Waals surface area contributed by atoms with Gasteiger partial charge in [-0.05, 0) is 61.7 Å². The van der Waals surface area contributed by atoms with E-state index in [2.05, 4.69) is 42.5 Å². The summed E-state index contributed by atoms with van der Waals surface area (Å²) >= 11 is 2.07. The molecule has 0 spiro atoms. The van der Waals surface area contributed by atoms with Gasteiger partial charge in [0.1, 0.15) is 11.9 Å². The molecule has 0 aromatic heterocycles. The third kappa shape index (κ3) is 2.72. The number of Topliss-reactive ketones (excluding diaryl/α,β-unsaturated/α-hetero) is 1. The monoisotopic (exact) mass is 456 g/mol. The van der Waals surface area contributed by atoms with Gasteiger partial charge in [-0.2, -0.15) is 0 Å². The van der Waals surface area contributed by atoms with Crippen molar-refractivity contribution in [3.63, 3.8) is 0 Å². The van der Waals surface area contributed by atoms with Crippen molar-refractivity contribution in [1.29, 1.82) is 0 Å². The maximum absolute atomic E-state index is 12.5. The zero-order chi connectivity index (χ0) is 17.8. The summed E-state index contributed by atoms with van der Waals surface area (Å²) in [5.41, 5.74) is 1.73. The number of carbonyl (C=O) groups excluding carboxylic acids is 2. The molecule has 0 heterocycles. The van der Waals surface area contributed by atoms with Crippen molar-refractivity contribution in [2.75, 3.05) is 4.43 Å². The van der Waals surface area contributed by atoms with E-state index in [9.17, 15) is 9.59 Å². The number of rotatable bonds is 2. The number of hydrogen-bond donors (Lipinski definition) is 0. The van der Waals surface area contributed by atoms with Gasteiger partial charge in [0.2, 0.25) is 0 Å². The molecule has 4 rings (SSSR count). The first-order valence-electron chi connectivity index (χ1n) is 9.87. The number of ether oxygens (including phenoxy) is 1. The van der Waals surface area contributed by atoms with E-state index in [-0.39, 0.29) is 22.9 Å². The van der Waals surface area contributed by atoms with Gasteiger partial charge in [-0.1, -0.05) is 48.1 Å². The van der Waals surface area contributed by atoms with E-state index in [1.165, 1.54) is 12.0 Å². The summed E-state index contributed by atoms with van der Waals surface area (Å²) in [5, 5.41) is 0. The summed E-state index contributed by atoms with van der Waals surface area (Å²) in [6.07, 6.45) is 10.8. The highest BCUT2D eigenvalue weighted by Gasteiger charge is 2.58. The van der Waals surface area contributed by atoms with Crippen LogP contribution in [0.4, 0.5) is 0 Å². The molecule has 25 heavy (non-hydrogen) atoms. The van der Waals surface area contributed by atoms with E-state index in [0.717, 1.165) is 44.9 Å². The van der Waals surface area contributed by atoms with Gasteiger partial charge in [-0.3, -0.25) is 9.59 Å². The number of alkyl halides is 1. The van der Waals surface area contributed by atoms with Crippen LogP contribution < -0.4 is 0 Å². The van der Waals surface area contributed by atoms with Gasteiger partial charge in [-0.15, -0.1) is 0 Å². The third-order valence-electron chi connectivity index (χ3n) is 8.17. The third-order valence-corrected chi connectivity index (χ3v) is 8.80. The molecule has 0 unspecified atom stereocenters. The van der Waals surface area contributed by atoms with Crippen molar-refractivity contribution in [3.8, 4) is 0 Å². The van der Waals surface area contributed by atoms with Crippen LogP contribution in [-0.2, 0) is 14.3 Å². The second-order valence-electron chi connectivity index (χ2n) is 9.17. The standard InChI is InChI=1S/C21H29IO3/c1-20-9-7-14(25-19(24)12-22)11-13(20)3-4-15-16-5-6-18(23)21(16,2)10-8-17(15)20/h3,14-17H,4-12H2,1-2H3/t14-,15+,16+,17+,20-,21+/m0/s1. The minimum Gasteiger partial charge on any atom is -0.461 e. The molecular weight excluding hydrogens is 427 g/mol. The number of carbonyl (C=O) groups is 2. The largest absolute Gasteiger partial charge is 0.461 e. The smallest absolute Gasteiger partial charge is 0.316 e. The van der Waals surface area contributed by atoms with E-state index in [1.54, 1.807) is 0 Å². The van der Waals surface area contributed by atoms with Crippen LogP contribution in [0, 0.1) is 28.6 Å². The number of hydrogen-bond acceptors (Lipinski definition) is 3. The maximum atomic E-state index is 12.5. The zero-order valence-electron chi connectivity index (χ0n) is 15.4. The molecule has 0 aromatic rings. The van der Waals surface area contributed by atoms with E-state index in [4.69, 9.17) is 4.74 Å². The molecule has 4 aliphatic carbocycles. The Kier molecular flexibility index (Phi) is 4.57. The number of fused-ring (bicyclic) bond motifs is 5. The van der Waals surface area contributed by atoms with Gasteiger partial charge < -0.3 is 4.74 Å². The zero-order valence-corrected chi connectivity index (χ0v) is 17.5. The van der Waals surface area contributed by atoms with Crippen molar-refractivity contribution in [2.24, 2.45) is 28.6 Å². The molecule has 3 fully saturated rings. The van der Waals surface area contributed by atoms with Crippen LogP contribution >= 0.6 is 22.6 Å². The van der Waals surface area contributed by atoms with Crippen LogP contribution in [0.5, 0.6) is 0 Å². The maximum Gasteiger partial charge on any atom is 0.316 e. The number of halogens is 1. The molecular formula is C21H29IO3. The van der Waals surface area contributed by atoms with Crippen LogP contribution in [-0.4, -0.2) is 22.3 Å². The minimum absolute atomic E-state index is 0.0457. The highest BCUT2D eigenvalue weighted by molar-refractivity contribution is 14.1. The van der Waals surface area contributed by atoms with Crippen LogP contribution in [0.15, 0.2) is 11.6 Å². The van der Waals surface area contributed by atoms with E-state index in [0.29, 0.717) is 28.0 Å². The SMILES string of the molecule is C[C@@]12CC[C@@H]3[C@H](CC=C4C[C@@H](OC(=O)CI)CC[C@@]43C)[C@H]1CCC2=O. The fourth-order valence-corrected chi connectivity index (χ4v) is 6.90. The topological polar surface area (TPSA) is 43.4 Å². The molecule has 0 bridgehead atoms. The summed E-state index contributed by atoms with van der Waals surface area (Å²) in [7, 11) is 0. The van der Waals surface area contributed by atoms with E-state index >= 15 is 0 Å². The van der Waals surface area contributed by atoms with Crippen LogP contribution in [0.2, 0.25) is 0 Å². The van der Waals surface area contributed by atoms with Crippen molar-refractivity contribution in [3.05, 3.63) is 11.6 Å². The number of allylic oxidation sites excluding steroid dienone is 1. The van der Waals surface area contributed by atoms with Gasteiger partial charge >= 0.3 is 5.97 Å². The highest BCUT2D eigenvalue weighted by atomic mass is 127. The predicted octanol–water partition coefficient (Wildman–Crippen LogP) is 4.87. The first-order chi connectivity index (χ1) is 11.9. The molecule has 4 heteroatoms. The second kappa shape index (κ2) is 6.35. The summed E-state index contributed by atoms with van der Waals surface area (Å²) in [6, 6.07) is 0. The van der Waals surface area contributed by atoms with Gasteiger partial charge in [0.05, 0.1) is 4.43 Å². The highest BCUT2D eigenvalue weighted by Crippen LogP contribution is 2.64. The van der Waals surface area contributed by atoms with Crippen molar-refractivity contribution < 1.29 is 14.3 Å². The summed E-state index contributed by atoms with van der Waals surface area (Å²) in [6.45, 7) is 4.69. The Morgan fingerprint density at radius 2 is 1.92 bits per heavy atom. The second-order valence-corrected chi connectivity index (χ2v) is 9.93. The van der Waals surface area contributed by atoms with E-state index < -0.39 is 0 Å². The molecule has 0 saturated heterocycles. The molecule has 0 amide bonds. The molecule has 0 aromatic carbocycles. The Morgan fingerprint density at radius 3 is 2.68 bits per heavy atom. The lowest BCUT2D eigenvalue weighted by molar-refractivity contribution is -0.147. The normalized spacial score (nSPS) is 45.9. The first-order valence-corrected chi connectivity index (χ1v) is 11.4. The lowest BCUT2D eigenvalue weighted by atomic mass is 9.48. The average molecular weight is 456 g/mol. The summed E-state index contributed by atoms with van der Waals surface area (Å²) in [5.74, 6) is 2.40. The average Bonchev–Trinajstić information content (AvgIpc) is 2.90. The molecule has 0 aliphatic heterocycles. The predicted molar refractivity (Wildman–Crippen MR) is 105 cm³/mol. The fourth-order valence-electron chi connectivity index (χ4n) is 6.72. The number of ketones is 1. The number of esters is 1. The van der Waals surface area contributed by atoms with Crippen LogP contribution in [0.25, 0.3) is 0 Å². The summed E-state index contributed by atoms with van der Waals surface area (Å²) < 4.78 is 6.07. The Bertz CT molecular complexity index is 627. The van der Waals surface area contributed by atoms with Crippen LogP contribution in [0.3, 0.4) is 0 Å². The van der Waals surface area contributed by atoms with Gasteiger partial charge in [0.25, 0.3) is 0 Å². The van der Waals surface area contributed by atoms with E-state index in [1.807, 2.05) is 0 Å². The molecule has 0 radical (unpaired) electrons. The van der Waals surface area contributed by atoms with Gasteiger partial charge in [0, 0.05) is 18.3 Å². The molecule has 4 aliphatic rings. The first kappa shape index (κ1) is 18.0. The lowest BCUT2D eigenvalue weighted by Crippen LogP contribution is -2.50. The molecule has 0 N–H and O–H groups in total. The molecule has 138 valence electrons. The Morgan fingerprint density at radius 1 is 1.20 bits per heavy atom. The molecule has 3 saturated carbocycles.